The van der Waals surface area contributed by atoms with Gasteiger partial charge in [-0.3, -0.25) is 4.79 Å². The number of rotatable bonds is 6. The summed E-state index contributed by atoms with van der Waals surface area (Å²) in [4.78, 5) is 25.6. The Morgan fingerprint density at radius 2 is 1.81 bits per heavy atom. The highest BCUT2D eigenvalue weighted by atomic mass is 16.5. The molecule has 1 aliphatic rings. The molecule has 1 heterocycles. The summed E-state index contributed by atoms with van der Waals surface area (Å²) in [6.07, 6.45) is 1.75. The molecule has 0 radical (unpaired) electrons. The molecule has 0 saturated carbocycles. The van der Waals surface area contributed by atoms with Gasteiger partial charge in [0.2, 0.25) is 5.91 Å². The second-order valence-electron chi connectivity index (χ2n) is 6.54. The maximum Gasteiger partial charge on any atom is 0.335 e. The van der Waals surface area contributed by atoms with Crippen LogP contribution in [0.2, 0.25) is 0 Å². The first-order valence-electron chi connectivity index (χ1n) is 8.85. The van der Waals surface area contributed by atoms with Gasteiger partial charge in [-0.2, -0.15) is 0 Å². The number of carbonyl (C=O) groups is 2. The highest BCUT2D eigenvalue weighted by molar-refractivity contribution is 5.88. The fraction of sp³-hybridized carbons (Fsp3) is 0.333. The topological polar surface area (TPSA) is 76.1 Å². The molecule has 0 aliphatic carbocycles. The summed E-state index contributed by atoms with van der Waals surface area (Å²) in [7, 11) is 3.17. The van der Waals surface area contributed by atoms with E-state index in [4.69, 9.17) is 14.6 Å². The third kappa shape index (κ3) is 4.22. The Morgan fingerprint density at radius 3 is 2.52 bits per heavy atom. The SMILES string of the molecule is COc1ccc(CCC(=O)N2CCc3ccc(C(=O)O)cc3C2)cc1OC. The monoisotopic (exact) mass is 369 g/mol. The summed E-state index contributed by atoms with van der Waals surface area (Å²) >= 11 is 0. The van der Waals surface area contributed by atoms with E-state index in [0.29, 0.717) is 37.4 Å². The van der Waals surface area contributed by atoms with E-state index in [0.717, 1.165) is 23.1 Å². The van der Waals surface area contributed by atoms with E-state index in [1.807, 2.05) is 24.3 Å². The first-order valence-corrected chi connectivity index (χ1v) is 8.85. The van der Waals surface area contributed by atoms with E-state index in [1.165, 1.54) is 0 Å². The lowest BCUT2D eigenvalue weighted by atomic mass is 9.97. The zero-order valence-corrected chi connectivity index (χ0v) is 15.5. The number of fused-ring (bicyclic) bond motifs is 1. The molecule has 0 bridgehead atoms. The van der Waals surface area contributed by atoms with Crippen molar-refractivity contribution < 1.29 is 24.2 Å². The molecule has 142 valence electrons. The standard InChI is InChI=1S/C21H23NO5/c1-26-18-7-3-14(11-19(18)27-2)4-8-20(23)22-10-9-15-5-6-16(21(24)25)12-17(15)13-22/h3,5-7,11-12H,4,8-10,13H2,1-2H3,(H,24,25). The first-order chi connectivity index (χ1) is 13.0. The smallest absolute Gasteiger partial charge is 0.335 e. The average molecular weight is 369 g/mol. The Labute approximate surface area is 158 Å². The molecule has 0 unspecified atom stereocenters. The predicted octanol–water partition coefficient (Wildman–Crippen LogP) is 2.92. The molecule has 3 rings (SSSR count). The minimum absolute atomic E-state index is 0.0659. The summed E-state index contributed by atoms with van der Waals surface area (Å²) in [5, 5.41) is 9.15. The average Bonchev–Trinajstić information content (AvgIpc) is 2.70. The van der Waals surface area contributed by atoms with Crippen LogP contribution in [0.25, 0.3) is 0 Å². The zero-order chi connectivity index (χ0) is 19.4. The quantitative estimate of drug-likeness (QED) is 0.847. The lowest BCUT2D eigenvalue weighted by molar-refractivity contribution is -0.132. The molecule has 6 heteroatoms. The second kappa shape index (κ2) is 8.12. The number of carboxylic acids is 1. The summed E-state index contributed by atoms with van der Waals surface area (Å²) in [5.41, 5.74) is 3.30. The van der Waals surface area contributed by atoms with Crippen molar-refractivity contribution in [2.45, 2.75) is 25.8 Å². The van der Waals surface area contributed by atoms with Gasteiger partial charge in [-0.1, -0.05) is 12.1 Å². The lowest BCUT2D eigenvalue weighted by Gasteiger charge is -2.29. The van der Waals surface area contributed by atoms with E-state index in [-0.39, 0.29) is 11.5 Å². The fourth-order valence-electron chi connectivity index (χ4n) is 3.35. The van der Waals surface area contributed by atoms with Crippen molar-refractivity contribution in [3.8, 4) is 11.5 Å². The normalized spacial score (nSPS) is 13.0. The third-order valence-electron chi connectivity index (χ3n) is 4.89. The molecule has 1 amide bonds. The molecule has 0 aromatic heterocycles. The number of methoxy groups -OCH3 is 2. The van der Waals surface area contributed by atoms with Gasteiger partial charge in [0, 0.05) is 19.5 Å². The van der Waals surface area contributed by atoms with E-state index in [2.05, 4.69) is 0 Å². The van der Waals surface area contributed by atoms with Crippen molar-refractivity contribution in [1.29, 1.82) is 0 Å². The number of hydrogen-bond donors (Lipinski definition) is 1. The Morgan fingerprint density at radius 1 is 1.04 bits per heavy atom. The number of carboxylic acid groups (broad SMARTS) is 1. The predicted molar refractivity (Wildman–Crippen MR) is 100 cm³/mol. The van der Waals surface area contributed by atoms with Crippen LogP contribution in [0, 0.1) is 0 Å². The number of aryl methyl sites for hydroxylation is 1. The second-order valence-corrected chi connectivity index (χ2v) is 6.54. The molecular weight excluding hydrogens is 346 g/mol. The summed E-state index contributed by atoms with van der Waals surface area (Å²) in [6.45, 7) is 1.12. The van der Waals surface area contributed by atoms with Gasteiger partial charge in [0.05, 0.1) is 19.8 Å². The maximum atomic E-state index is 12.6. The molecule has 6 nitrogen and oxygen atoms in total. The fourth-order valence-corrected chi connectivity index (χ4v) is 3.35. The largest absolute Gasteiger partial charge is 0.493 e. The van der Waals surface area contributed by atoms with Gasteiger partial charge in [-0.15, -0.1) is 0 Å². The van der Waals surface area contributed by atoms with Gasteiger partial charge < -0.3 is 19.5 Å². The molecule has 27 heavy (non-hydrogen) atoms. The molecule has 2 aromatic carbocycles. The number of aromatic carboxylic acids is 1. The molecule has 1 aliphatic heterocycles. The Balaban J connectivity index is 1.64. The minimum atomic E-state index is -0.949. The molecule has 2 aromatic rings. The van der Waals surface area contributed by atoms with E-state index in [9.17, 15) is 9.59 Å². The first kappa shape index (κ1) is 18.8. The van der Waals surface area contributed by atoms with Crippen LogP contribution in [0.15, 0.2) is 36.4 Å². The number of nitrogens with zero attached hydrogens (tertiary/aromatic N) is 1. The Kier molecular flexibility index (Phi) is 5.64. The highest BCUT2D eigenvalue weighted by Gasteiger charge is 2.21. The van der Waals surface area contributed by atoms with E-state index < -0.39 is 5.97 Å². The van der Waals surface area contributed by atoms with Crippen molar-refractivity contribution >= 4 is 11.9 Å². The van der Waals surface area contributed by atoms with Crippen LogP contribution in [0.4, 0.5) is 0 Å². The van der Waals surface area contributed by atoms with Crippen molar-refractivity contribution in [2.24, 2.45) is 0 Å². The van der Waals surface area contributed by atoms with Crippen LogP contribution in [0.1, 0.15) is 33.5 Å². The van der Waals surface area contributed by atoms with Crippen molar-refractivity contribution in [3.63, 3.8) is 0 Å². The highest BCUT2D eigenvalue weighted by Crippen LogP contribution is 2.28. The number of ether oxygens (including phenoxy) is 2. The van der Waals surface area contributed by atoms with Crippen LogP contribution in [0.3, 0.4) is 0 Å². The molecule has 0 spiro atoms. The van der Waals surface area contributed by atoms with Gasteiger partial charge in [0.15, 0.2) is 11.5 Å². The van der Waals surface area contributed by atoms with Crippen LogP contribution in [-0.2, 0) is 24.2 Å². The van der Waals surface area contributed by atoms with Gasteiger partial charge in [-0.05, 0) is 53.8 Å². The zero-order valence-electron chi connectivity index (χ0n) is 15.5. The molecule has 0 atom stereocenters. The number of amides is 1. The van der Waals surface area contributed by atoms with Gasteiger partial charge in [-0.25, -0.2) is 4.79 Å². The van der Waals surface area contributed by atoms with E-state index in [1.54, 1.807) is 31.3 Å². The Bertz CT molecular complexity index is 862. The summed E-state index contributed by atoms with van der Waals surface area (Å²) in [5.74, 6) is 0.427. The molecule has 0 saturated heterocycles. The van der Waals surface area contributed by atoms with Crippen LogP contribution >= 0.6 is 0 Å². The lowest BCUT2D eigenvalue weighted by Crippen LogP contribution is -2.36. The van der Waals surface area contributed by atoms with Crippen LogP contribution in [-0.4, -0.2) is 42.6 Å². The molecule has 0 fully saturated rings. The van der Waals surface area contributed by atoms with Gasteiger partial charge >= 0.3 is 5.97 Å². The number of benzene rings is 2. The van der Waals surface area contributed by atoms with Gasteiger partial charge in [0.25, 0.3) is 0 Å². The van der Waals surface area contributed by atoms with Crippen LogP contribution in [0.5, 0.6) is 11.5 Å². The van der Waals surface area contributed by atoms with Gasteiger partial charge in [0.1, 0.15) is 0 Å². The van der Waals surface area contributed by atoms with E-state index >= 15 is 0 Å². The summed E-state index contributed by atoms with van der Waals surface area (Å²) < 4.78 is 10.5. The molecular formula is C21H23NO5. The van der Waals surface area contributed by atoms with Crippen LogP contribution < -0.4 is 9.47 Å². The number of hydrogen-bond acceptors (Lipinski definition) is 4. The van der Waals surface area contributed by atoms with Crippen molar-refractivity contribution in [2.75, 3.05) is 20.8 Å². The number of carbonyl (C=O) groups excluding carboxylic acids is 1. The Hall–Kier alpha value is -3.02. The summed E-state index contributed by atoms with van der Waals surface area (Å²) in [6, 6.07) is 10.8. The van der Waals surface area contributed by atoms with Crippen molar-refractivity contribution in [1.82, 2.24) is 4.90 Å². The third-order valence-corrected chi connectivity index (χ3v) is 4.89. The maximum absolute atomic E-state index is 12.6. The van der Waals surface area contributed by atoms with Crippen molar-refractivity contribution in [3.05, 3.63) is 58.7 Å². The minimum Gasteiger partial charge on any atom is -0.493 e. The molecule has 1 N–H and O–H groups in total.